The van der Waals surface area contributed by atoms with Crippen LogP contribution >= 0.6 is 0 Å². The molecule has 0 saturated carbocycles. The molecule has 1 saturated heterocycles. The van der Waals surface area contributed by atoms with E-state index < -0.39 is 5.72 Å². The molecule has 0 N–H and O–H groups in total. The van der Waals surface area contributed by atoms with E-state index in [1.807, 2.05) is 30.0 Å². The Bertz CT molecular complexity index is 818. The molecule has 0 spiro atoms. The minimum absolute atomic E-state index is 0.138. The fourth-order valence-electron chi connectivity index (χ4n) is 4.36. The molecular formula is C21H24N2O2. The molecule has 2 aromatic carbocycles. The lowest BCUT2D eigenvalue weighted by Gasteiger charge is -2.37. The number of ether oxygens (including phenoxy) is 1. The van der Waals surface area contributed by atoms with E-state index in [-0.39, 0.29) is 5.91 Å². The summed E-state index contributed by atoms with van der Waals surface area (Å²) in [6, 6.07) is 14.6. The molecule has 130 valence electrons. The van der Waals surface area contributed by atoms with E-state index >= 15 is 0 Å². The van der Waals surface area contributed by atoms with Crippen LogP contribution in [0.5, 0.6) is 0 Å². The Kier molecular flexibility index (Phi) is 3.89. The highest BCUT2D eigenvalue weighted by atomic mass is 16.5. The van der Waals surface area contributed by atoms with Crippen LogP contribution in [0.15, 0.2) is 42.5 Å². The first-order chi connectivity index (χ1) is 12.1. The molecule has 4 rings (SSSR count). The summed E-state index contributed by atoms with van der Waals surface area (Å²) in [5.74, 6) is 0.138. The van der Waals surface area contributed by atoms with Crippen LogP contribution in [0, 0.1) is 13.8 Å². The number of carbonyl (C=O) groups excluding carboxylic acids is 1. The van der Waals surface area contributed by atoms with Crippen LogP contribution in [0.4, 0.5) is 5.69 Å². The summed E-state index contributed by atoms with van der Waals surface area (Å²) < 4.78 is 6.44. The molecule has 1 amide bonds. The fraction of sp³-hybridized carbons (Fsp3) is 0.381. The number of benzene rings is 2. The summed E-state index contributed by atoms with van der Waals surface area (Å²) in [6.45, 7) is 8.64. The molecule has 0 bridgehead atoms. The molecular weight excluding hydrogens is 312 g/mol. The summed E-state index contributed by atoms with van der Waals surface area (Å²) in [5, 5.41) is 0. The zero-order chi connectivity index (χ0) is 17.6. The smallest absolute Gasteiger partial charge is 0.241 e. The zero-order valence-corrected chi connectivity index (χ0v) is 15.1. The van der Waals surface area contributed by atoms with Crippen molar-refractivity contribution < 1.29 is 9.53 Å². The molecule has 2 aliphatic heterocycles. The van der Waals surface area contributed by atoms with Gasteiger partial charge >= 0.3 is 0 Å². The van der Waals surface area contributed by atoms with E-state index in [4.69, 9.17) is 4.74 Å². The summed E-state index contributed by atoms with van der Waals surface area (Å²) in [6.07, 6.45) is 0. The first kappa shape index (κ1) is 16.3. The number of hydrogen-bond acceptors (Lipinski definition) is 3. The van der Waals surface area contributed by atoms with E-state index in [1.165, 1.54) is 5.56 Å². The van der Waals surface area contributed by atoms with Gasteiger partial charge in [0.15, 0.2) is 5.72 Å². The predicted octanol–water partition coefficient (Wildman–Crippen LogP) is 3.20. The fourth-order valence-corrected chi connectivity index (χ4v) is 4.36. The molecule has 4 heteroatoms. The van der Waals surface area contributed by atoms with Crippen LogP contribution in [0.2, 0.25) is 0 Å². The first-order valence-electron chi connectivity index (χ1n) is 8.94. The first-order valence-corrected chi connectivity index (χ1v) is 8.94. The normalized spacial score (nSPS) is 23.3. The van der Waals surface area contributed by atoms with Crippen LogP contribution in [-0.4, -0.2) is 37.0 Å². The second kappa shape index (κ2) is 5.97. The third kappa shape index (κ3) is 2.32. The van der Waals surface area contributed by atoms with Crippen molar-refractivity contribution in [2.45, 2.75) is 26.5 Å². The summed E-state index contributed by atoms with van der Waals surface area (Å²) in [5.41, 5.74) is 4.80. The topological polar surface area (TPSA) is 32.8 Å². The molecule has 2 heterocycles. The van der Waals surface area contributed by atoms with Crippen molar-refractivity contribution in [3.8, 4) is 0 Å². The number of likely N-dealkylation sites (N-methyl/N-ethyl adjacent to an activating group) is 1. The second-order valence-corrected chi connectivity index (χ2v) is 6.90. The number of aryl methyl sites for hydroxylation is 2. The van der Waals surface area contributed by atoms with Gasteiger partial charge in [-0.1, -0.05) is 42.0 Å². The van der Waals surface area contributed by atoms with Crippen LogP contribution in [0.25, 0.3) is 0 Å². The van der Waals surface area contributed by atoms with Crippen LogP contribution in [0.3, 0.4) is 0 Å². The largest absolute Gasteiger partial charge is 0.350 e. The SMILES string of the molecule is CCN1C(=O)CN2CCOC2(c2ccccc2)c2cc(C)cc(C)c21. The van der Waals surface area contributed by atoms with E-state index in [2.05, 4.69) is 43.0 Å². The van der Waals surface area contributed by atoms with Crippen LogP contribution in [-0.2, 0) is 15.3 Å². The summed E-state index contributed by atoms with van der Waals surface area (Å²) in [7, 11) is 0. The molecule has 2 aromatic rings. The lowest BCUT2D eigenvalue weighted by Crippen LogP contribution is -2.45. The Balaban J connectivity index is 2.07. The monoisotopic (exact) mass is 336 g/mol. The quantitative estimate of drug-likeness (QED) is 0.844. The number of fused-ring (bicyclic) bond motifs is 3. The van der Waals surface area contributed by atoms with Gasteiger partial charge < -0.3 is 9.64 Å². The van der Waals surface area contributed by atoms with Crippen molar-refractivity contribution in [2.24, 2.45) is 0 Å². The van der Waals surface area contributed by atoms with Crippen molar-refractivity contribution >= 4 is 11.6 Å². The lowest BCUT2D eigenvalue weighted by molar-refractivity contribution is -0.123. The summed E-state index contributed by atoms with van der Waals surface area (Å²) >= 11 is 0. The Labute approximate surface area is 149 Å². The second-order valence-electron chi connectivity index (χ2n) is 6.90. The van der Waals surface area contributed by atoms with Gasteiger partial charge in [0, 0.05) is 24.2 Å². The highest BCUT2D eigenvalue weighted by Gasteiger charge is 2.50. The van der Waals surface area contributed by atoms with E-state index in [1.54, 1.807) is 0 Å². The minimum atomic E-state index is -0.688. The van der Waals surface area contributed by atoms with Crippen molar-refractivity contribution in [1.29, 1.82) is 0 Å². The maximum absolute atomic E-state index is 13.0. The number of amides is 1. The molecule has 1 fully saturated rings. The van der Waals surface area contributed by atoms with Gasteiger partial charge in [0.05, 0.1) is 18.8 Å². The van der Waals surface area contributed by atoms with Gasteiger partial charge in [-0.2, -0.15) is 0 Å². The van der Waals surface area contributed by atoms with Crippen molar-refractivity contribution in [2.75, 3.05) is 31.1 Å². The number of hydrogen-bond donors (Lipinski definition) is 0. The van der Waals surface area contributed by atoms with Crippen LogP contribution < -0.4 is 4.90 Å². The lowest BCUT2D eigenvalue weighted by atomic mass is 9.89. The molecule has 25 heavy (non-hydrogen) atoms. The number of carbonyl (C=O) groups is 1. The Morgan fingerprint density at radius 2 is 1.92 bits per heavy atom. The Hall–Kier alpha value is -2.17. The average Bonchev–Trinajstić information content (AvgIpc) is 2.98. The highest BCUT2D eigenvalue weighted by molar-refractivity contribution is 5.97. The molecule has 0 aliphatic carbocycles. The van der Waals surface area contributed by atoms with Crippen molar-refractivity contribution in [1.82, 2.24) is 4.90 Å². The molecule has 4 nitrogen and oxygen atoms in total. The molecule has 0 radical (unpaired) electrons. The molecule has 0 aromatic heterocycles. The van der Waals surface area contributed by atoms with Gasteiger partial charge in [-0.3, -0.25) is 9.69 Å². The van der Waals surface area contributed by atoms with E-state index in [0.717, 1.165) is 28.9 Å². The average molecular weight is 336 g/mol. The number of rotatable bonds is 2. The van der Waals surface area contributed by atoms with E-state index in [0.29, 0.717) is 19.7 Å². The maximum Gasteiger partial charge on any atom is 0.241 e. The highest BCUT2D eigenvalue weighted by Crippen LogP contribution is 2.47. The van der Waals surface area contributed by atoms with Gasteiger partial charge in [0.25, 0.3) is 0 Å². The molecule has 2 aliphatic rings. The van der Waals surface area contributed by atoms with Gasteiger partial charge in [0.2, 0.25) is 5.91 Å². The van der Waals surface area contributed by atoms with Crippen LogP contribution in [0.1, 0.15) is 29.2 Å². The third-order valence-corrected chi connectivity index (χ3v) is 5.31. The zero-order valence-electron chi connectivity index (χ0n) is 15.1. The van der Waals surface area contributed by atoms with Crippen molar-refractivity contribution in [3.63, 3.8) is 0 Å². The standard InChI is InChI=1S/C21H24N2O2/c1-4-23-19(24)14-22-10-11-25-21(22,17-8-6-5-7-9-17)18-13-15(2)12-16(3)20(18)23/h5-9,12-13H,4,10-11,14H2,1-3H3. The Morgan fingerprint density at radius 3 is 2.64 bits per heavy atom. The number of anilines is 1. The van der Waals surface area contributed by atoms with Gasteiger partial charge in [-0.05, 0) is 32.4 Å². The summed E-state index contributed by atoms with van der Waals surface area (Å²) in [4.78, 5) is 17.1. The Morgan fingerprint density at radius 1 is 1.16 bits per heavy atom. The maximum atomic E-state index is 13.0. The third-order valence-electron chi connectivity index (χ3n) is 5.31. The van der Waals surface area contributed by atoms with Gasteiger partial charge in [-0.25, -0.2) is 0 Å². The molecule has 1 unspecified atom stereocenters. The predicted molar refractivity (Wildman–Crippen MR) is 98.7 cm³/mol. The number of nitrogens with zero attached hydrogens (tertiary/aromatic N) is 2. The minimum Gasteiger partial charge on any atom is -0.350 e. The van der Waals surface area contributed by atoms with Crippen molar-refractivity contribution in [3.05, 3.63) is 64.7 Å². The van der Waals surface area contributed by atoms with E-state index in [9.17, 15) is 4.79 Å². The molecule has 1 atom stereocenters. The van der Waals surface area contributed by atoms with Gasteiger partial charge in [-0.15, -0.1) is 0 Å². The van der Waals surface area contributed by atoms with Gasteiger partial charge in [0.1, 0.15) is 0 Å².